The largest absolute Gasteiger partial charge is 0.0879 e. The minimum Gasteiger partial charge on any atom is -0.0879 e. The molecule has 0 aliphatic heterocycles. The van der Waals surface area contributed by atoms with Crippen molar-refractivity contribution in [3.63, 3.8) is 0 Å². The van der Waals surface area contributed by atoms with E-state index in [0.717, 1.165) is 15.3 Å². The predicted octanol–water partition coefficient (Wildman–Crippen LogP) is 7.31. The highest BCUT2D eigenvalue weighted by molar-refractivity contribution is 7.99. The van der Waals surface area contributed by atoms with Crippen molar-refractivity contribution in [1.82, 2.24) is 0 Å². The Morgan fingerprint density at radius 1 is 0.667 bits per heavy atom. The van der Waals surface area contributed by atoms with Crippen LogP contribution in [0.5, 0.6) is 0 Å². The lowest BCUT2D eigenvalue weighted by atomic mass is 10.0. The molecule has 0 heterocycles. The Morgan fingerprint density at radius 3 is 2.04 bits per heavy atom. The van der Waals surface area contributed by atoms with Crippen molar-refractivity contribution in [2.75, 3.05) is 0 Å². The molecule has 0 aliphatic rings. The Morgan fingerprint density at radius 2 is 1.29 bits per heavy atom. The first-order valence-corrected chi connectivity index (χ1v) is 9.02. The summed E-state index contributed by atoms with van der Waals surface area (Å²) >= 11 is 8.54. The maximum atomic E-state index is 6.83. The van der Waals surface area contributed by atoms with Crippen molar-refractivity contribution in [3.8, 4) is 11.1 Å². The third kappa shape index (κ3) is 2.93. The molecule has 0 fully saturated rings. The van der Waals surface area contributed by atoms with Gasteiger partial charge >= 0.3 is 0 Å². The summed E-state index contributed by atoms with van der Waals surface area (Å²) < 4.78 is 0. The van der Waals surface area contributed by atoms with Gasteiger partial charge in [-0.05, 0) is 34.7 Å². The molecule has 4 aromatic carbocycles. The van der Waals surface area contributed by atoms with E-state index >= 15 is 0 Å². The van der Waals surface area contributed by atoms with Gasteiger partial charge in [0.2, 0.25) is 0 Å². The van der Waals surface area contributed by atoms with Gasteiger partial charge in [-0.1, -0.05) is 96.2 Å². The van der Waals surface area contributed by atoms with Crippen LogP contribution in [-0.2, 0) is 0 Å². The van der Waals surface area contributed by atoms with Crippen LogP contribution < -0.4 is 0 Å². The fraction of sp³-hybridized carbons (Fsp3) is 0. The van der Waals surface area contributed by atoms with Crippen molar-refractivity contribution >= 4 is 34.1 Å². The van der Waals surface area contributed by atoms with Crippen LogP contribution in [-0.4, -0.2) is 0 Å². The van der Waals surface area contributed by atoms with Gasteiger partial charge < -0.3 is 0 Å². The van der Waals surface area contributed by atoms with Crippen LogP contribution in [0.3, 0.4) is 0 Å². The van der Waals surface area contributed by atoms with Crippen LogP contribution in [0.2, 0.25) is 5.02 Å². The normalized spacial score (nSPS) is 10.9. The summed E-state index contributed by atoms with van der Waals surface area (Å²) in [6.45, 7) is 0. The summed E-state index contributed by atoms with van der Waals surface area (Å²) in [5, 5.41) is 3.08. The Balaban J connectivity index is 1.96. The molecule has 4 aromatic rings. The highest BCUT2D eigenvalue weighted by Gasteiger charge is 2.14. The van der Waals surface area contributed by atoms with E-state index in [2.05, 4.69) is 72.8 Å². The number of fused-ring (bicyclic) bond motifs is 1. The Labute approximate surface area is 151 Å². The van der Waals surface area contributed by atoms with Crippen LogP contribution in [0.15, 0.2) is 101 Å². The van der Waals surface area contributed by atoms with Gasteiger partial charge in [0, 0.05) is 15.2 Å². The molecule has 0 unspecified atom stereocenters. The molecular formula is C22H15ClS. The molecule has 0 aliphatic carbocycles. The van der Waals surface area contributed by atoms with Crippen LogP contribution in [0, 0.1) is 0 Å². The molecule has 0 spiro atoms. The molecule has 0 saturated carbocycles. The highest BCUT2D eigenvalue weighted by atomic mass is 35.5. The molecule has 116 valence electrons. The zero-order valence-electron chi connectivity index (χ0n) is 12.9. The standard InChI is InChI=1S/C22H15ClS/c23-21-19-14-8-7-11-17(19)15-20(16-9-3-1-4-10-16)22(21)24-18-12-5-2-6-13-18/h1-15H. The zero-order valence-corrected chi connectivity index (χ0v) is 14.5. The van der Waals surface area contributed by atoms with Gasteiger partial charge in [-0.3, -0.25) is 0 Å². The molecule has 2 heteroatoms. The van der Waals surface area contributed by atoms with Gasteiger partial charge in [-0.2, -0.15) is 0 Å². The van der Waals surface area contributed by atoms with Gasteiger partial charge in [0.25, 0.3) is 0 Å². The molecule has 0 aromatic heterocycles. The summed E-state index contributed by atoms with van der Waals surface area (Å²) in [5.41, 5.74) is 2.36. The average molecular weight is 347 g/mol. The maximum absolute atomic E-state index is 6.83. The Bertz CT molecular complexity index is 979. The van der Waals surface area contributed by atoms with E-state index in [1.54, 1.807) is 11.8 Å². The Kier molecular flexibility index (Phi) is 4.29. The molecule has 4 rings (SSSR count). The van der Waals surface area contributed by atoms with E-state index in [9.17, 15) is 0 Å². The zero-order chi connectivity index (χ0) is 16.4. The minimum atomic E-state index is 0.820. The summed E-state index contributed by atoms with van der Waals surface area (Å²) in [4.78, 5) is 2.29. The van der Waals surface area contributed by atoms with Gasteiger partial charge in [0.1, 0.15) is 0 Å². The van der Waals surface area contributed by atoms with E-state index in [1.165, 1.54) is 21.4 Å². The second-order valence-corrected chi connectivity index (χ2v) is 7.03. The van der Waals surface area contributed by atoms with Gasteiger partial charge in [0.15, 0.2) is 0 Å². The number of hydrogen-bond acceptors (Lipinski definition) is 1. The molecule has 24 heavy (non-hydrogen) atoms. The van der Waals surface area contributed by atoms with Gasteiger partial charge in [-0.15, -0.1) is 0 Å². The highest BCUT2D eigenvalue weighted by Crippen LogP contribution is 2.44. The molecule has 0 atom stereocenters. The topological polar surface area (TPSA) is 0 Å². The monoisotopic (exact) mass is 346 g/mol. The fourth-order valence-corrected chi connectivity index (χ4v) is 4.23. The van der Waals surface area contributed by atoms with Crippen molar-refractivity contribution in [2.24, 2.45) is 0 Å². The second kappa shape index (κ2) is 6.72. The third-order valence-corrected chi connectivity index (χ3v) is 5.63. The van der Waals surface area contributed by atoms with E-state index in [-0.39, 0.29) is 0 Å². The molecule has 0 N–H and O–H groups in total. The third-order valence-electron chi connectivity index (χ3n) is 3.99. The lowest BCUT2D eigenvalue weighted by Crippen LogP contribution is -1.87. The number of halogens is 1. The smallest absolute Gasteiger partial charge is 0.0630 e. The van der Waals surface area contributed by atoms with Crippen LogP contribution >= 0.6 is 23.4 Å². The second-order valence-electron chi connectivity index (χ2n) is 5.57. The predicted molar refractivity (Wildman–Crippen MR) is 105 cm³/mol. The summed E-state index contributed by atoms with van der Waals surface area (Å²) in [5.74, 6) is 0. The minimum absolute atomic E-state index is 0.820. The Hall–Kier alpha value is -2.22. The molecule has 0 amide bonds. The van der Waals surface area contributed by atoms with E-state index in [4.69, 9.17) is 11.6 Å². The lowest BCUT2D eigenvalue weighted by Gasteiger charge is -2.14. The summed E-state index contributed by atoms with van der Waals surface area (Å²) in [6, 6.07) is 31.3. The molecule has 0 bridgehead atoms. The van der Waals surface area contributed by atoms with Crippen molar-refractivity contribution in [2.45, 2.75) is 9.79 Å². The number of rotatable bonds is 3. The molecule has 0 radical (unpaired) electrons. The van der Waals surface area contributed by atoms with E-state index < -0.39 is 0 Å². The quantitative estimate of drug-likeness (QED) is 0.374. The molecule has 0 saturated heterocycles. The molecule has 0 nitrogen and oxygen atoms in total. The van der Waals surface area contributed by atoms with Crippen LogP contribution in [0.25, 0.3) is 21.9 Å². The van der Waals surface area contributed by atoms with Crippen molar-refractivity contribution in [1.29, 1.82) is 0 Å². The summed E-state index contributed by atoms with van der Waals surface area (Å²) in [7, 11) is 0. The average Bonchev–Trinajstić information content (AvgIpc) is 2.65. The van der Waals surface area contributed by atoms with Crippen molar-refractivity contribution in [3.05, 3.63) is 96.0 Å². The number of hydrogen-bond donors (Lipinski definition) is 0. The lowest BCUT2D eigenvalue weighted by molar-refractivity contribution is 1.42. The first-order valence-electron chi connectivity index (χ1n) is 7.82. The van der Waals surface area contributed by atoms with Crippen LogP contribution in [0.1, 0.15) is 0 Å². The first-order chi connectivity index (χ1) is 11.8. The first kappa shape index (κ1) is 15.3. The van der Waals surface area contributed by atoms with E-state index in [0.29, 0.717) is 0 Å². The van der Waals surface area contributed by atoms with Gasteiger partial charge in [-0.25, -0.2) is 0 Å². The van der Waals surface area contributed by atoms with Crippen molar-refractivity contribution < 1.29 is 0 Å². The maximum Gasteiger partial charge on any atom is 0.0630 e. The number of benzene rings is 4. The van der Waals surface area contributed by atoms with Gasteiger partial charge in [0.05, 0.1) is 5.02 Å². The van der Waals surface area contributed by atoms with E-state index in [1.807, 2.05) is 18.2 Å². The van der Waals surface area contributed by atoms with Crippen LogP contribution in [0.4, 0.5) is 0 Å². The fourth-order valence-electron chi connectivity index (χ4n) is 2.82. The SMILES string of the molecule is Clc1c(Sc2ccccc2)c(-c2ccccc2)cc2ccccc12. The summed E-state index contributed by atoms with van der Waals surface area (Å²) in [6.07, 6.45) is 0. The molecular weight excluding hydrogens is 332 g/mol.